The first-order valence-electron chi connectivity index (χ1n) is 8.05. The highest BCUT2D eigenvalue weighted by molar-refractivity contribution is 5.82. The zero-order chi connectivity index (χ0) is 18.5. The number of aromatic hydroxyl groups is 1. The number of anilines is 1. The Morgan fingerprint density at radius 3 is 2.77 bits per heavy atom. The summed E-state index contributed by atoms with van der Waals surface area (Å²) in [4.78, 5) is 12.5. The van der Waals surface area contributed by atoms with Gasteiger partial charge in [0.15, 0.2) is 11.5 Å². The van der Waals surface area contributed by atoms with Crippen LogP contribution in [0.1, 0.15) is 11.1 Å². The van der Waals surface area contributed by atoms with Crippen molar-refractivity contribution in [2.75, 3.05) is 19.0 Å². The van der Waals surface area contributed by atoms with E-state index >= 15 is 0 Å². The van der Waals surface area contributed by atoms with Crippen molar-refractivity contribution in [2.45, 2.75) is 0 Å². The van der Waals surface area contributed by atoms with E-state index in [1.807, 2.05) is 61.5 Å². The Hall–Kier alpha value is -3.47. The van der Waals surface area contributed by atoms with Crippen LogP contribution in [0.5, 0.6) is 17.2 Å². The van der Waals surface area contributed by atoms with Crippen molar-refractivity contribution >= 4 is 23.8 Å². The molecule has 5 nitrogen and oxygen atoms in total. The summed E-state index contributed by atoms with van der Waals surface area (Å²) in [5.41, 5.74) is 3.91. The molecule has 0 aliphatic carbocycles. The molecule has 1 N–H and O–H groups in total. The third kappa shape index (κ3) is 3.78. The Morgan fingerprint density at radius 2 is 2.00 bits per heavy atom. The Balaban J connectivity index is 1.84. The van der Waals surface area contributed by atoms with Gasteiger partial charge >= 0.3 is 0 Å². The third-order valence-corrected chi connectivity index (χ3v) is 3.96. The number of fused-ring (bicyclic) bond motifs is 1. The molecule has 0 amide bonds. The summed E-state index contributed by atoms with van der Waals surface area (Å²) in [6.45, 7) is 0.288. The average Bonchev–Trinajstić information content (AvgIpc) is 2.64. The molecule has 0 radical (unpaired) electrons. The number of carbonyl (C=O) groups is 1. The molecule has 0 fully saturated rings. The summed E-state index contributed by atoms with van der Waals surface area (Å²) < 4.78 is 10.4. The van der Waals surface area contributed by atoms with Gasteiger partial charge in [-0.15, -0.1) is 0 Å². The van der Waals surface area contributed by atoms with Crippen LogP contribution in [0.15, 0.2) is 60.9 Å². The lowest BCUT2D eigenvalue weighted by molar-refractivity contribution is -0.120. The molecule has 26 heavy (non-hydrogen) atoms. The van der Waals surface area contributed by atoms with Crippen LogP contribution in [-0.2, 0) is 4.79 Å². The van der Waals surface area contributed by atoms with E-state index in [9.17, 15) is 9.90 Å². The number of nitrogens with zero attached hydrogens (tertiary/aromatic N) is 1. The lowest BCUT2D eigenvalue weighted by Gasteiger charge is -2.18. The van der Waals surface area contributed by atoms with Gasteiger partial charge in [-0.2, -0.15) is 0 Å². The van der Waals surface area contributed by atoms with Gasteiger partial charge in [0.2, 0.25) is 0 Å². The zero-order valence-electron chi connectivity index (χ0n) is 14.5. The van der Waals surface area contributed by atoms with Gasteiger partial charge in [-0.3, -0.25) is 4.79 Å². The van der Waals surface area contributed by atoms with Crippen molar-refractivity contribution in [3.05, 3.63) is 72.0 Å². The minimum absolute atomic E-state index is 0.0782. The zero-order valence-corrected chi connectivity index (χ0v) is 14.5. The molecule has 1 aliphatic heterocycles. The number of benzene rings is 2. The molecule has 3 rings (SSSR count). The van der Waals surface area contributed by atoms with Crippen LogP contribution < -0.4 is 14.4 Å². The second-order valence-electron chi connectivity index (χ2n) is 5.92. The number of phenols is 1. The Labute approximate surface area is 152 Å². The van der Waals surface area contributed by atoms with Crippen LogP contribution in [0.25, 0.3) is 11.6 Å². The molecule has 0 aromatic heterocycles. The minimum atomic E-state index is -0.0782. The average molecular weight is 349 g/mol. The molecule has 0 saturated carbocycles. The van der Waals surface area contributed by atoms with Crippen LogP contribution in [0.4, 0.5) is 5.69 Å². The van der Waals surface area contributed by atoms with Crippen LogP contribution in [0, 0.1) is 0 Å². The van der Waals surface area contributed by atoms with Crippen molar-refractivity contribution in [1.82, 2.24) is 0 Å². The summed E-state index contributed by atoms with van der Waals surface area (Å²) in [6.07, 6.45) is 9.30. The van der Waals surface area contributed by atoms with E-state index < -0.39 is 0 Å². The number of ether oxygens (including phenoxy) is 2. The number of hydrogen-bond acceptors (Lipinski definition) is 5. The van der Waals surface area contributed by atoms with Crippen LogP contribution in [0.2, 0.25) is 0 Å². The van der Waals surface area contributed by atoms with Gasteiger partial charge in [0.1, 0.15) is 5.75 Å². The fourth-order valence-corrected chi connectivity index (χ4v) is 2.58. The Kier molecular flexibility index (Phi) is 5.08. The fourth-order valence-electron chi connectivity index (χ4n) is 2.58. The van der Waals surface area contributed by atoms with Crippen molar-refractivity contribution in [3.63, 3.8) is 0 Å². The van der Waals surface area contributed by atoms with E-state index in [2.05, 4.69) is 0 Å². The van der Waals surface area contributed by atoms with Gasteiger partial charge in [-0.05, 0) is 41.5 Å². The summed E-state index contributed by atoms with van der Waals surface area (Å²) >= 11 is 0. The molecule has 132 valence electrons. The Morgan fingerprint density at radius 1 is 1.15 bits per heavy atom. The van der Waals surface area contributed by atoms with Gasteiger partial charge in [-0.1, -0.05) is 24.3 Å². The summed E-state index contributed by atoms with van der Waals surface area (Å²) in [5, 5.41) is 9.62. The Bertz CT molecular complexity index is 910. The number of carbonyl (C=O) groups excluding carboxylic acids is 1. The minimum Gasteiger partial charge on any atom is -0.504 e. The van der Waals surface area contributed by atoms with Gasteiger partial charge in [0.25, 0.3) is 6.47 Å². The molecular weight excluding hydrogens is 330 g/mol. The largest absolute Gasteiger partial charge is 0.504 e. The molecule has 0 spiro atoms. The van der Waals surface area contributed by atoms with Crippen molar-refractivity contribution in [2.24, 2.45) is 0 Å². The topological polar surface area (TPSA) is 59.0 Å². The monoisotopic (exact) mass is 349 g/mol. The number of rotatable bonds is 5. The van der Waals surface area contributed by atoms with E-state index in [1.165, 1.54) is 6.07 Å². The maximum atomic E-state index is 10.5. The summed E-state index contributed by atoms with van der Waals surface area (Å²) in [5.74, 6) is 0.859. The van der Waals surface area contributed by atoms with Gasteiger partial charge in [-0.25, -0.2) is 0 Å². The van der Waals surface area contributed by atoms with Gasteiger partial charge in [0, 0.05) is 31.4 Å². The maximum absolute atomic E-state index is 10.5. The number of phenolic OH excluding ortho intramolecular Hbond substituents is 1. The third-order valence-electron chi connectivity index (χ3n) is 3.96. The number of hydrogen-bond donors (Lipinski definition) is 1. The van der Waals surface area contributed by atoms with E-state index in [0.717, 1.165) is 28.1 Å². The highest BCUT2D eigenvalue weighted by Gasteiger charge is 2.12. The highest BCUT2D eigenvalue weighted by atomic mass is 16.5. The summed E-state index contributed by atoms with van der Waals surface area (Å²) in [6, 6.07) is 10.9. The summed E-state index contributed by atoms with van der Waals surface area (Å²) in [7, 11) is 3.97. The van der Waals surface area contributed by atoms with Crippen LogP contribution >= 0.6 is 0 Å². The normalized spacial score (nSPS) is 14.2. The van der Waals surface area contributed by atoms with Crippen molar-refractivity contribution in [1.29, 1.82) is 0 Å². The maximum Gasteiger partial charge on any atom is 0.298 e. The second kappa shape index (κ2) is 7.61. The van der Waals surface area contributed by atoms with E-state index in [4.69, 9.17) is 9.47 Å². The predicted octanol–water partition coefficient (Wildman–Crippen LogP) is 4.00. The van der Waals surface area contributed by atoms with E-state index in [-0.39, 0.29) is 18.0 Å². The molecule has 0 atom stereocenters. The second-order valence-corrected chi connectivity index (χ2v) is 5.92. The van der Waals surface area contributed by atoms with Gasteiger partial charge < -0.3 is 19.5 Å². The molecule has 2 aromatic rings. The molecule has 1 aliphatic rings. The predicted molar refractivity (Wildman–Crippen MR) is 102 cm³/mol. The first kappa shape index (κ1) is 17.4. The molecule has 2 aromatic carbocycles. The van der Waals surface area contributed by atoms with Crippen molar-refractivity contribution < 1.29 is 19.4 Å². The fraction of sp³-hybridized carbons (Fsp3) is 0.0952. The highest BCUT2D eigenvalue weighted by Crippen LogP contribution is 2.34. The quantitative estimate of drug-likeness (QED) is 0.827. The molecule has 0 bridgehead atoms. The first-order chi connectivity index (χ1) is 12.6. The number of allylic oxidation sites excluding steroid dienone is 4. The SMILES string of the molecule is CN(C)c1ccc2c(c1)OC=CC2=CC=Cc1ccc(O)c(OC=O)c1. The lowest BCUT2D eigenvalue weighted by atomic mass is 10.0. The van der Waals surface area contributed by atoms with Gasteiger partial charge in [0.05, 0.1) is 6.26 Å². The van der Waals surface area contributed by atoms with E-state index in [1.54, 1.807) is 18.4 Å². The molecule has 5 heteroatoms. The van der Waals surface area contributed by atoms with Crippen LogP contribution in [0.3, 0.4) is 0 Å². The lowest BCUT2D eigenvalue weighted by Crippen LogP contribution is -2.09. The van der Waals surface area contributed by atoms with Crippen LogP contribution in [-0.4, -0.2) is 25.7 Å². The first-order valence-corrected chi connectivity index (χ1v) is 8.05. The standard InChI is InChI=1S/C21H19NO4/c1-22(2)17-7-8-18-16(10-11-25-20(18)13-17)5-3-4-15-6-9-19(24)21(12-15)26-14-23/h3-14,24H,1-2H3. The van der Waals surface area contributed by atoms with Crippen molar-refractivity contribution in [3.8, 4) is 17.2 Å². The molecular formula is C21H19NO4. The molecule has 1 heterocycles. The smallest absolute Gasteiger partial charge is 0.298 e. The van der Waals surface area contributed by atoms with E-state index in [0.29, 0.717) is 0 Å². The molecule has 0 saturated heterocycles. The molecule has 0 unspecified atom stereocenters.